The number of rotatable bonds is 9. The first-order valence-electron chi connectivity index (χ1n) is 8.62. The molecular weight excluding hydrogens is 374 g/mol. The molecule has 3 aromatic rings. The molecular formula is C22H21NO2S2. The Morgan fingerprint density at radius 1 is 0.778 bits per heavy atom. The lowest BCUT2D eigenvalue weighted by Crippen LogP contribution is -2.21. The van der Waals surface area contributed by atoms with Crippen molar-refractivity contribution < 1.29 is 9.94 Å². The minimum atomic E-state index is -0.754. The number of hydrogen-bond acceptors (Lipinski definition) is 5. The van der Waals surface area contributed by atoms with Crippen LogP contribution < -0.4 is 0 Å². The van der Waals surface area contributed by atoms with Gasteiger partial charge in [-0.2, -0.15) is 0 Å². The molecule has 0 fully saturated rings. The van der Waals surface area contributed by atoms with Crippen LogP contribution >= 0.6 is 23.5 Å². The summed E-state index contributed by atoms with van der Waals surface area (Å²) in [6.45, 7) is 0.381. The van der Waals surface area contributed by atoms with Gasteiger partial charge in [0.05, 0.1) is 10.8 Å². The molecule has 3 aromatic carbocycles. The summed E-state index contributed by atoms with van der Waals surface area (Å²) in [5, 5.41) is 14.6. The van der Waals surface area contributed by atoms with Crippen molar-refractivity contribution in [3.05, 3.63) is 96.6 Å². The molecule has 5 heteroatoms. The van der Waals surface area contributed by atoms with Gasteiger partial charge in [0, 0.05) is 9.79 Å². The van der Waals surface area contributed by atoms with Gasteiger partial charge in [0.2, 0.25) is 0 Å². The molecule has 0 bridgehead atoms. The van der Waals surface area contributed by atoms with Crippen molar-refractivity contribution in [1.82, 2.24) is 0 Å². The molecule has 0 aliphatic rings. The van der Waals surface area contributed by atoms with Crippen molar-refractivity contribution >= 4 is 29.7 Å². The van der Waals surface area contributed by atoms with Gasteiger partial charge in [0.1, 0.15) is 12.7 Å². The van der Waals surface area contributed by atoms with Gasteiger partial charge in [-0.15, -0.1) is 23.5 Å². The smallest absolute Gasteiger partial charge is 0.142 e. The minimum Gasteiger partial charge on any atom is -0.391 e. The first-order chi connectivity index (χ1) is 13.3. The number of nitrogens with zero attached hydrogens (tertiary/aromatic N) is 1. The van der Waals surface area contributed by atoms with Crippen molar-refractivity contribution in [3.63, 3.8) is 0 Å². The number of oxime groups is 1. The van der Waals surface area contributed by atoms with Gasteiger partial charge in [-0.3, -0.25) is 0 Å². The molecule has 0 aromatic heterocycles. The first-order valence-corrected chi connectivity index (χ1v) is 10.4. The van der Waals surface area contributed by atoms with Crippen LogP contribution in [-0.2, 0) is 11.4 Å². The molecule has 0 amide bonds. The summed E-state index contributed by atoms with van der Waals surface area (Å²) >= 11 is 3.22. The highest BCUT2D eigenvalue weighted by Gasteiger charge is 2.20. The van der Waals surface area contributed by atoms with Crippen LogP contribution in [0.5, 0.6) is 0 Å². The Bertz CT molecular complexity index is 772. The van der Waals surface area contributed by atoms with Crippen molar-refractivity contribution in [3.8, 4) is 0 Å². The third-order valence-corrected chi connectivity index (χ3v) is 6.32. The zero-order valence-corrected chi connectivity index (χ0v) is 16.4. The van der Waals surface area contributed by atoms with Gasteiger partial charge >= 0.3 is 0 Å². The van der Waals surface area contributed by atoms with Crippen LogP contribution in [0.3, 0.4) is 0 Å². The lowest BCUT2D eigenvalue weighted by atomic mass is 10.2. The number of thioether (sulfide) groups is 2. The maximum Gasteiger partial charge on any atom is 0.142 e. The van der Waals surface area contributed by atoms with E-state index in [4.69, 9.17) is 4.84 Å². The Labute approximate surface area is 168 Å². The summed E-state index contributed by atoms with van der Waals surface area (Å²) in [5.74, 6) is 0. The highest BCUT2D eigenvalue weighted by molar-refractivity contribution is 8.17. The normalized spacial score (nSPS) is 12.4. The molecule has 0 unspecified atom stereocenters. The van der Waals surface area contributed by atoms with Crippen LogP contribution in [0.4, 0.5) is 0 Å². The average molecular weight is 396 g/mol. The topological polar surface area (TPSA) is 41.8 Å². The van der Waals surface area contributed by atoms with Crippen molar-refractivity contribution in [2.24, 2.45) is 5.16 Å². The third-order valence-electron chi connectivity index (χ3n) is 3.63. The third kappa shape index (κ3) is 6.79. The summed E-state index contributed by atoms with van der Waals surface area (Å²) < 4.78 is -0.140. The SMILES string of the molecule is O[C@@H](/C=N\OCc1ccccc1)C(Sc1ccccc1)Sc1ccccc1. The maximum absolute atomic E-state index is 10.7. The fourth-order valence-corrected chi connectivity index (χ4v) is 4.74. The predicted molar refractivity (Wildman–Crippen MR) is 114 cm³/mol. The lowest BCUT2D eigenvalue weighted by Gasteiger charge is -2.19. The molecule has 0 saturated heterocycles. The second kappa shape index (κ2) is 10.8. The van der Waals surface area contributed by atoms with Crippen molar-refractivity contribution in [2.75, 3.05) is 0 Å². The van der Waals surface area contributed by atoms with E-state index >= 15 is 0 Å². The highest BCUT2D eigenvalue weighted by atomic mass is 32.2. The van der Waals surface area contributed by atoms with Crippen molar-refractivity contribution in [1.29, 1.82) is 0 Å². The molecule has 0 heterocycles. The van der Waals surface area contributed by atoms with Gasteiger partial charge in [0.15, 0.2) is 0 Å². The van der Waals surface area contributed by atoms with Crippen LogP contribution in [0.15, 0.2) is 106 Å². The summed E-state index contributed by atoms with van der Waals surface area (Å²) in [6, 6.07) is 29.9. The summed E-state index contributed by atoms with van der Waals surface area (Å²) in [4.78, 5) is 7.53. The van der Waals surface area contributed by atoms with Crippen LogP contribution in [0.25, 0.3) is 0 Å². The van der Waals surface area contributed by atoms with Gasteiger partial charge in [-0.25, -0.2) is 0 Å². The fourth-order valence-electron chi connectivity index (χ4n) is 2.29. The second-order valence-corrected chi connectivity index (χ2v) is 8.46. The van der Waals surface area contributed by atoms with Crippen LogP contribution in [0.2, 0.25) is 0 Å². The van der Waals surface area contributed by atoms with Crippen molar-refractivity contribution in [2.45, 2.75) is 27.1 Å². The predicted octanol–water partition coefficient (Wildman–Crippen LogP) is 5.46. The number of benzene rings is 3. The van der Waals surface area contributed by atoms with E-state index in [1.165, 1.54) is 6.21 Å². The molecule has 3 rings (SSSR count). The Morgan fingerprint density at radius 3 is 1.78 bits per heavy atom. The van der Waals surface area contributed by atoms with E-state index in [-0.39, 0.29) is 4.58 Å². The molecule has 0 aliphatic carbocycles. The Balaban J connectivity index is 1.62. The molecule has 0 spiro atoms. The molecule has 1 N–H and O–H groups in total. The molecule has 3 nitrogen and oxygen atoms in total. The molecule has 0 aliphatic heterocycles. The van der Waals surface area contributed by atoms with E-state index in [9.17, 15) is 5.11 Å². The van der Waals surface area contributed by atoms with Crippen LogP contribution in [-0.4, -0.2) is 22.0 Å². The van der Waals surface area contributed by atoms with E-state index in [1.54, 1.807) is 23.5 Å². The largest absolute Gasteiger partial charge is 0.391 e. The van der Waals surface area contributed by atoms with Gasteiger partial charge in [-0.05, 0) is 29.8 Å². The molecule has 0 saturated carbocycles. The Morgan fingerprint density at radius 2 is 1.26 bits per heavy atom. The fraction of sp³-hybridized carbons (Fsp3) is 0.136. The monoisotopic (exact) mass is 395 g/mol. The Kier molecular flexibility index (Phi) is 7.84. The number of aliphatic hydroxyl groups excluding tert-OH is 1. The van der Waals surface area contributed by atoms with E-state index in [0.717, 1.165) is 15.4 Å². The zero-order valence-electron chi connectivity index (χ0n) is 14.7. The molecule has 138 valence electrons. The van der Waals surface area contributed by atoms with E-state index in [2.05, 4.69) is 5.16 Å². The van der Waals surface area contributed by atoms with E-state index in [1.807, 2.05) is 91.0 Å². The van der Waals surface area contributed by atoms with Gasteiger partial charge in [0.25, 0.3) is 0 Å². The van der Waals surface area contributed by atoms with E-state index in [0.29, 0.717) is 6.61 Å². The van der Waals surface area contributed by atoms with Crippen LogP contribution in [0.1, 0.15) is 5.56 Å². The summed E-state index contributed by atoms with van der Waals surface area (Å²) in [5.41, 5.74) is 1.04. The number of hydrogen-bond donors (Lipinski definition) is 1. The zero-order chi connectivity index (χ0) is 18.7. The quantitative estimate of drug-likeness (QED) is 0.226. The molecule has 0 radical (unpaired) electrons. The van der Waals surface area contributed by atoms with Gasteiger partial charge < -0.3 is 9.94 Å². The standard InChI is InChI=1S/C22H21NO2S2/c24-21(16-23-25-17-18-10-4-1-5-11-18)22(26-19-12-6-2-7-13-19)27-20-14-8-3-9-15-20/h1-16,21-22,24H,17H2/b23-16-/t21-/m0/s1. The summed E-state index contributed by atoms with van der Waals surface area (Å²) in [6.07, 6.45) is 0.718. The molecule has 27 heavy (non-hydrogen) atoms. The van der Waals surface area contributed by atoms with E-state index < -0.39 is 6.10 Å². The minimum absolute atomic E-state index is 0.140. The lowest BCUT2D eigenvalue weighted by molar-refractivity contribution is 0.127. The second-order valence-electron chi connectivity index (χ2n) is 5.73. The number of aliphatic hydroxyl groups is 1. The molecule has 1 atom stereocenters. The maximum atomic E-state index is 10.7. The first kappa shape index (κ1) is 19.5. The summed E-state index contributed by atoms with van der Waals surface area (Å²) in [7, 11) is 0. The van der Waals surface area contributed by atoms with Gasteiger partial charge in [-0.1, -0.05) is 71.9 Å². The Hall–Kier alpha value is -2.21. The highest BCUT2D eigenvalue weighted by Crippen LogP contribution is 2.37. The van der Waals surface area contributed by atoms with Crippen LogP contribution in [0, 0.1) is 0 Å². The average Bonchev–Trinajstić information content (AvgIpc) is 2.73.